The van der Waals surface area contributed by atoms with Crippen LogP contribution in [0.1, 0.15) is 19.8 Å². The molecule has 1 aliphatic heterocycles. The first-order valence-electron chi connectivity index (χ1n) is 5.86. The number of anilines is 1. The standard InChI is InChI=1S/C13H18N2S/c1-11-6-5-9-15(10-11)13(16)14-12-7-3-2-4-8-12/h2-4,7-8,11H,5-6,9-10H2,1H3,(H,14,16)/t11-/m0/s1. The topological polar surface area (TPSA) is 15.3 Å². The van der Waals surface area contributed by atoms with Crippen LogP contribution >= 0.6 is 12.2 Å². The second-order valence-corrected chi connectivity index (χ2v) is 4.88. The first kappa shape index (κ1) is 11.4. The fraction of sp³-hybridized carbons (Fsp3) is 0.462. The summed E-state index contributed by atoms with van der Waals surface area (Å²) in [6, 6.07) is 10.1. The van der Waals surface area contributed by atoms with Gasteiger partial charge in [-0.25, -0.2) is 0 Å². The van der Waals surface area contributed by atoms with E-state index < -0.39 is 0 Å². The molecule has 86 valence electrons. The molecular formula is C13H18N2S. The smallest absolute Gasteiger partial charge is 0.173 e. The van der Waals surface area contributed by atoms with Crippen LogP contribution in [-0.4, -0.2) is 23.1 Å². The van der Waals surface area contributed by atoms with E-state index in [2.05, 4.69) is 17.1 Å². The second kappa shape index (κ2) is 5.30. The summed E-state index contributed by atoms with van der Waals surface area (Å²) in [6.07, 6.45) is 2.57. The molecule has 1 aliphatic rings. The van der Waals surface area contributed by atoms with Crippen molar-refractivity contribution in [2.24, 2.45) is 5.92 Å². The van der Waals surface area contributed by atoms with Crippen LogP contribution in [0.4, 0.5) is 5.69 Å². The van der Waals surface area contributed by atoms with E-state index in [-0.39, 0.29) is 0 Å². The molecular weight excluding hydrogens is 216 g/mol. The summed E-state index contributed by atoms with van der Waals surface area (Å²) in [6.45, 7) is 4.46. The van der Waals surface area contributed by atoms with E-state index in [4.69, 9.17) is 12.2 Å². The number of piperidine rings is 1. The predicted molar refractivity (Wildman–Crippen MR) is 72.6 cm³/mol. The Balaban J connectivity index is 1.93. The fourth-order valence-corrected chi connectivity index (χ4v) is 2.38. The van der Waals surface area contributed by atoms with E-state index in [0.717, 1.165) is 29.8 Å². The van der Waals surface area contributed by atoms with Crippen molar-refractivity contribution in [2.75, 3.05) is 18.4 Å². The molecule has 0 spiro atoms. The molecule has 1 atom stereocenters. The van der Waals surface area contributed by atoms with Crippen LogP contribution in [0.25, 0.3) is 0 Å². The van der Waals surface area contributed by atoms with Crippen LogP contribution < -0.4 is 5.32 Å². The van der Waals surface area contributed by atoms with Gasteiger partial charge in [0.1, 0.15) is 0 Å². The van der Waals surface area contributed by atoms with E-state index in [0.29, 0.717) is 0 Å². The third kappa shape index (κ3) is 2.95. The summed E-state index contributed by atoms with van der Waals surface area (Å²) in [4.78, 5) is 2.27. The van der Waals surface area contributed by atoms with Crippen molar-refractivity contribution in [3.8, 4) is 0 Å². The fourth-order valence-electron chi connectivity index (χ4n) is 2.10. The Kier molecular flexibility index (Phi) is 3.78. The molecule has 1 fully saturated rings. The number of hydrogen-bond donors (Lipinski definition) is 1. The second-order valence-electron chi connectivity index (χ2n) is 4.49. The van der Waals surface area contributed by atoms with Gasteiger partial charge in [0.25, 0.3) is 0 Å². The molecule has 1 aromatic carbocycles. The van der Waals surface area contributed by atoms with Crippen molar-refractivity contribution in [3.63, 3.8) is 0 Å². The Morgan fingerprint density at radius 2 is 2.12 bits per heavy atom. The number of hydrogen-bond acceptors (Lipinski definition) is 1. The first-order chi connectivity index (χ1) is 7.75. The number of para-hydroxylation sites is 1. The molecule has 0 saturated carbocycles. The Bertz CT molecular complexity index is 350. The summed E-state index contributed by atoms with van der Waals surface area (Å²) < 4.78 is 0. The van der Waals surface area contributed by atoms with Crippen molar-refractivity contribution in [1.29, 1.82) is 0 Å². The molecule has 16 heavy (non-hydrogen) atoms. The first-order valence-corrected chi connectivity index (χ1v) is 6.27. The van der Waals surface area contributed by atoms with E-state index in [1.807, 2.05) is 30.3 Å². The molecule has 1 aromatic rings. The Labute approximate surface area is 103 Å². The number of benzene rings is 1. The largest absolute Gasteiger partial charge is 0.349 e. The van der Waals surface area contributed by atoms with Gasteiger partial charge in [0.05, 0.1) is 0 Å². The predicted octanol–water partition coefficient (Wildman–Crippen LogP) is 3.12. The van der Waals surface area contributed by atoms with Crippen LogP contribution in [0.15, 0.2) is 30.3 Å². The quantitative estimate of drug-likeness (QED) is 0.752. The van der Waals surface area contributed by atoms with E-state index >= 15 is 0 Å². The minimum atomic E-state index is 0.754. The Morgan fingerprint density at radius 3 is 2.81 bits per heavy atom. The lowest BCUT2D eigenvalue weighted by molar-refractivity contribution is 0.276. The molecule has 3 heteroatoms. The van der Waals surface area contributed by atoms with Gasteiger partial charge in [-0.15, -0.1) is 0 Å². The highest BCUT2D eigenvalue weighted by molar-refractivity contribution is 7.80. The molecule has 0 aromatic heterocycles. The Morgan fingerprint density at radius 1 is 1.38 bits per heavy atom. The zero-order valence-electron chi connectivity index (χ0n) is 9.65. The average Bonchev–Trinajstić information content (AvgIpc) is 2.30. The molecule has 0 radical (unpaired) electrons. The molecule has 0 aliphatic carbocycles. The Hall–Kier alpha value is -1.09. The monoisotopic (exact) mass is 234 g/mol. The number of nitrogens with one attached hydrogen (secondary N) is 1. The molecule has 0 unspecified atom stereocenters. The highest BCUT2D eigenvalue weighted by Gasteiger charge is 2.18. The van der Waals surface area contributed by atoms with E-state index in [9.17, 15) is 0 Å². The van der Waals surface area contributed by atoms with Gasteiger partial charge in [0, 0.05) is 18.8 Å². The van der Waals surface area contributed by atoms with Crippen LogP contribution in [0.3, 0.4) is 0 Å². The normalized spacial score (nSPS) is 20.6. The maximum Gasteiger partial charge on any atom is 0.173 e. The molecule has 0 amide bonds. The van der Waals surface area contributed by atoms with Gasteiger partial charge in [-0.05, 0) is 43.1 Å². The highest BCUT2D eigenvalue weighted by Crippen LogP contribution is 2.16. The van der Waals surface area contributed by atoms with Crippen molar-refractivity contribution in [3.05, 3.63) is 30.3 Å². The van der Waals surface area contributed by atoms with Gasteiger partial charge in [-0.3, -0.25) is 0 Å². The molecule has 1 N–H and O–H groups in total. The van der Waals surface area contributed by atoms with Crippen molar-refractivity contribution >= 4 is 23.0 Å². The molecule has 1 heterocycles. The minimum absolute atomic E-state index is 0.754. The number of thiocarbonyl (C=S) groups is 1. The lowest BCUT2D eigenvalue weighted by Gasteiger charge is -2.33. The zero-order valence-corrected chi connectivity index (χ0v) is 10.5. The lowest BCUT2D eigenvalue weighted by Crippen LogP contribution is -2.41. The van der Waals surface area contributed by atoms with Gasteiger partial charge in [-0.1, -0.05) is 25.1 Å². The lowest BCUT2D eigenvalue weighted by atomic mass is 10.0. The summed E-state index contributed by atoms with van der Waals surface area (Å²) in [7, 11) is 0. The zero-order chi connectivity index (χ0) is 11.4. The van der Waals surface area contributed by atoms with Gasteiger partial charge < -0.3 is 10.2 Å². The van der Waals surface area contributed by atoms with Gasteiger partial charge in [0.15, 0.2) is 5.11 Å². The van der Waals surface area contributed by atoms with E-state index in [1.54, 1.807) is 0 Å². The molecule has 0 bridgehead atoms. The van der Waals surface area contributed by atoms with Gasteiger partial charge in [0.2, 0.25) is 0 Å². The third-order valence-corrected chi connectivity index (χ3v) is 3.33. The van der Waals surface area contributed by atoms with Crippen LogP contribution in [0.5, 0.6) is 0 Å². The van der Waals surface area contributed by atoms with Gasteiger partial charge in [-0.2, -0.15) is 0 Å². The minimum Gasteiger partial charge on any atom is -0.349 e. The van der Waals surface area contributed by atoms with Crippen molar-refractivity contribution < 1.29 is 0 Å². The third-order valence-electron chi connectivity index (χ3n) is 2.97. The summed E-state index contributed by atoms with van der Waals surface area (Å²) in [5, 5.41) is 4.15. The number of likely N-dealkylation sites (tertiary alicyclic amines) is 1. The maximum atomic E-state index is 5.42. The van der Waals surface area contributed by atoms with Crippen molar-refractivity contribution in [2.45, 2.75) is 19.8 Å². The summed E-state index contributed by atoms with van der Waals surface area (Å²) in [5.74, 6) is 0.754. The number of nitrogens with zero attached hydrogens (tertiary/aromatic N) is 1. The highest BCUT2D eigenvalue weighted by atomic mass is 32.1. The summed E-state index contributed by atoms with van der Waals surface area (Å²) >= 11 is 5.42. The molecule has 2 nitrogen and oxygen atoms in total. The van der Waals surface area contributed by atoms with E-state index in [1.165, 1.54) is 12.8 Å². The molecule has 1 saturated heterocycles. The molecule has 2 rings (SSSR count). The van der Waals surface area contributed by atoms with Crippen LogP contribution in [0.2, 0.25) is 0 Å². The number of rotatable bonds is 1. The van der Waals surface area contributed by atoms with Crippen LogP contribution in [-0.2, 0) is 0 Å². The van der Waals surface area contributed by atoms with Crippen LogP contribution in [0, 0.1) is 5.92 Å². The summed E-state index contributed by atoms with van der Waals surface area (Å²) in [5.41, 5.74) is 1.07. The SMILES string of the molecule is C[C@H]1CCCN(C(=S)Nc2ccccc2)C1. The maximum absolute atomic E-state index is 5.42. The van der Waals surface area contributed by atoms with Gasteiger partial charge >= 0.3 is 0 Å². The van der Waals surface area contributed by atoms with Crippen molar-refractivity contribution in [1.82, 2.24) is 4.90 Å². The average molecular weight is 234 g/mol.